The Hall–Kier alpha value is -2.63. The number of nitrogens with zero attached hydrogens (tertiary/aromatic N) is 1. The first-order chi connectivity index (χ1) is 17.4. The summed E-state index contributed by atoms with van der Waals surface area (Å²) in [6, 6.07) is 12.2. The van der Waals surface area contributed by atoms with E-state index in [1.54, 1.807) is 36.4 Å². The van der Waals surface area contributed by atoms with Gasteiger partial charge in [-0.1, -0.05) is 48.3 Å². The molecular formula is C29H29Cl2NO4. The molecule has 0 aromatic heterocycles. The van der Waals surface area contributed by atoms with Crippen LogP contribution in [0.4, 0.5) is 0 Å². The highest BCUT2D eigenvalue weighted by atomic mass is 35.5. The lowest BCUT2D eigenvalue weighted by molar-refractivity contribution is -0.151. The van der Waals surface area contributed by atoms with Gasteiger partial charge in [0.2, 0.25) is 0 Å². The highest BCUT2D eigenvalue weighted by Crippen LogP contribution is 2.49. The summed E-state index contributed by atoms with van der Waals surface area (Å²) in [4.78, 5) is 32.3. The monoisotopic (exact) mass is 525 g/mol. The van der Waals surface area contributed by atoms with Crippen LogP contribution in [-0.4, -0.2) is 28.7 Å². The van der Waals surface area contributed by atoms with Gasteiger partial charge in [-0.2, -0.15) is 0 Å². The number of aliphatic imine (C=N–C) groups is 1. The Morgan fingerprint density at radius 2 is 1.78 bits per heavy atom. The van der Waals surface area contributed by atoms with Gasteiger partial charge in [0.05, 0.1) is 0 Å². The lowest BCUT2D eigenvalue weighted by Crippen LogP contribution is -2.39. The molecule has 3 aliphatic rings. The van der Waals surface area contributed by atoms with E-state index >= 15 is 0 Å². The van der Waals surface area contributed by atoms with Gasteiger partial charge in [0, 0.05) is 39.4 Å². The average molecular weight is 526 g/mol. The van der Waals surface area contributed by atoms with Crippen molar-refractivity contribution in [2.45, 2.75) is 69.8 Å². The van der Waals surface area contributed by atoms with Crippen LogP contribution in [0.1, 0.15) is 74.8 Å². The van der Waals surface area contributed by atoms with Crippen LogP contribution in [0.3, 0.4) is 0 Å². The number of phenolic OH excluding ortho intramolecular Hbond substituents is 1. The fourth-order valence-corrected chi connectivity index (χ4v) is 6.67. The summed E-state index contributed by atoms with van der Waals surface area (Å²) in [7, 11) is 0. The first kappa shape index (κ1) is 25.0. The van der Waals surface area contributed by atoms with Gasteiger partial charge in [0.1, 0.15) is 17.8 Å². The Morgan fingerprint density at radius 3 is 2.44 bits per heavy atom. The zero-order valence-electron chi connectivity index (χ0n) is 20.2. The van der Waals surface area contributed by atoms with Crippen LogP contribution >= 0.6 is 23.2 Å². The Balaban J connectivity index is 1.59. The largest absolute Gasteiger partial charge is 0.508 e. The van der Waals surface area contributed by atoms with Gasteiger partial charge in [-0.25, -0.2) is 0 Å². The number of carbonyl (C=O) groups is 2. The second kappa shape index (κ2) is 10.4. The van der Waals surface area contributed by atoms with Crippen LogP contribution in [0.15, 0.2) is 58.7 Å². The van der Waals surface area contributed by atoms with Gasteiger partial charge in [-0.3, -0.25) is 14.6 Å². The zero-order chi connectivity index (χ0) is 25.4. The first-order valence-corrected chi connectivity index (χ1v) is 13.4. The number of hydrogen-bond acceptors (Lipinski definition) is 5. The molecule has 0 radical (unpaired) electrons. The number of aromatic hydroxyl groups is 1. The number of hydrogen-bond donors (Lipinski definition) is 1. The smallest absolute Gasteiger partial charge is 0.315 e. The van der Waals surface area contributed by atoms with Gasteiger partial charge in [0.15, 0.2) is 5.78 Å². The minimum absolute atomic E-state index is 0.0804. The zero-order valence-corrected chi connectivity index (χ0v) is 21.7. The van der Waals surface area contributed by atoms with E-state index < -0.39 is 11.8 Å². The van der Waals surface area contributed by atoms with Crippen molar-refractivity contribution in [1.29, 1.82) is 0 Å². The molecule has 1 fully saturated rings. The average Bonchev–Trinajstić information content (AvgIpc) is 3.35. The Kier molecular flexibility index (Phi) is 7.23. The Labute approximate surface area is 221 Å². The highest BCUT2D eigenvalue weighted by Gasteiger charge is 2.46. The lowest BCUT2D eigenvalue weighted by Gasteiger charge is -2.37. The molecule has 0 spiro atoms. The van der Waals surface area contributed by atoms with Crippen molar-refractivity contribution in [3.05, 3.63) is 74.9 Å². The molecule has 36 heavy (non-hydrogen) atoms. The maximum Gasteiger partial charge on any atom is 0.315 e. The molecule has 3 unspecified atom stereocenters. The van der Waals surface area contributed by atoms with E-state index in [4.69, 9.17) is 32.9 Å². The summed E-state index contributed by atoms with van der Waals surface area (Å²) in [6.07, 6.45) is 4.99. The number of esters is 1. The third kappa shape index (κ3) is 4.71. The van der Waals surface area contributed by atoms with Crippen LogP contribution in [0, 0.1) is 5.92 Å². The van der Waals surface area contributed by atoms with E-state index in [0.717, 1.165) is 31.2 Å². The molecular weight excluding hydrogens is 497 g/mol. The topological polar surface area (TPSA) is 76.0 Å². The van der Waals surface area contributed by atoms with Crippen LogP contribution in [0.5, 0.6) is 5.75 Å². The van der Waals surface area contributed by atoms with Crippen LogP contribution in [-0.2, 0) is 14.3 Å². The van der Waals surface area contributed by atoms with Gasteiger partial charge in [-0.05, 0) is 79.8 Å². The maximum absolute atomic E-state index is 13.8. The fourth-order valence-electron chi connectivity index (χ4n) is 5.97. The highest BCUT2D eigenvalue weighted by molar-refractivity contribution is 6.36. The second-order valence-electron chi connectivity index (χ2n) is 9.87. The standard InChI is InChI=1S/C29H29Cl2NO4/c1-2-22-28(29(35)36-19-9-3-4-10-19)26(16-7-5-8-18(33)13-16)27-23(32-22)14-17(15-24(27)34)25-20(30)11-6-12-21(25)31/h5-8,11-13,17,19,26,28,33H,2-4,9-10,14-15H2,1H3. The molecule has 2 aromatic rings. The minimum Gasteiger partial charge on any atom is -0.508 e. The number of rotatable bonds is 5. The van der Waals surface area contributed by atoms with Crippen molar-refractivity contribution in [1.82, 2.24) is 0 Å². The van der Waals surface area contributed by atoms with Crippen LogP contribution in [0.2, 0.25) is 10.0 Å². The molecule has 0 amide bonds. The van der Waals surface area contributed by atoms with E-state index in [9.17, 15) is 14.7 Å². The summed E-state index contributed by atoms with van der Waals surface area (Å²) < 4.78 is 5.95. The minimum atomic E-state index is -0.708. The fraction of sp³-hybridized carbons (Fsp3) is 0.414. The number of benzene rings is 2. The number of phenols is 1. The molecule has 2 aromatic carbocycles. The maximum atomic E-state index is 13.8. The van der Waals surface area contributed by atoms with Gasteiger partial charge < -0.3 is 9.84 Å². The second-order valence-corrected chi connectivity index (χ2v) is 10.7. The summed E-state index contributed by atoms with van der Waals surface area (Å²) in [5.41, 5.74) is 3.36. The number of ether oxygens (including phenoxy) is 1. The summed E-state index contributed by atoms with van der Waals surface area (Å²) in [5, 5.41) is 11.3. The first-order valence-electron chi connectivity index (χ1n) is 12.6. The van der Waals surface area contributed by atoms with Crippen molar-refractivity contribution in [3.63, 3.8) is 0 Å². The number of Topliss-reactive ketones (excluding diaryl/α,β-unsaturated/α-hetero) is 1. The number of allylic oxidation sites excluding steroid dienone is 2. The van der Waals surface area contributed by atoms with Crippen molar-refractivity contribution in [2.75, 3.05) is 0 Å². The quantitative estimate of drug-likeness (QED) is 0.420. The number of ketones is 1. The number of halogens is 2. The molecule has 7 heteroatoms. The SMILES string of the molecule is CCC1=NC2=C(C(=O)CC(c3c(Cl)cccc3Cl)C2)C(c2cccc(O)c2)C1C(=O)OC1CCCC1. The van der Waals surface area contributed by atoms with E-state index in [1.165, 1.54) is 0 Å². The molecule has 3 atom stereocenters. The van der Waals surface area contributed by atoms with E-state index in [0.29, 0.717) is 45.4 Å². The molecule has 0 bridgehead atoms. The summed E-state index contributed by atoms with van der Waals surface area (Å²) in [6.45, 7) is 1.97. The molecule has 1 heterocycles. The van der Waals surface area contributed by atoms with Crippen molar-refractivity contribution in [3.8, 4) is 5.75 Å². The molecule has 1 aliphatic heterocycles. The van der Waals surface area contributed by atoms with E-state index in [-0.39, 0.29) is 35.9 Å². The number of carbonyl (C=O) groups excluding carboxylic acids is 2. The lowest BCUT2D eigenvalue weighted by atomic mass is 9.68. The molecule has 2 aliphatic carbocycles. The van der Waals surface area contributed by atoms with Crippen LogP contribution < -0.4 is 0 Å². The van der Waals surface area contributed by atoms with Crippen molar-refractivity contribution >= 4 is 40.7 Å². The van der Waals surface area contributed by atoms with Crippen molar-refractivity contribution in [2.24, 2.45) is 10.9 Å². The third-order valence-electron chi connectivity index (χ3n) is 7.60. The Bertz CT molecular complexity index is 1240. The molecule has 188 valence electrons. The van der Waals surface area contributed by atoms with Gasteiger partial charge >= 0.3 is 5.97 Å². The van der Waals surface area contributed by atoms with Gasteiger partial charge in [-0.15, -0.1) is 0 Å². The van der Waals surface area contributed by atoms with Crippen LogP contribution in [0.25, 0.3) is 0 Å². The van der Waals surface area contributed by atoms with E-state index in [1.807, 2.05) is 13.0 Å². The van der Waals surface area contributed by atoms with Crippen molar-refractivity contribution < 1.29 is 19.4 Å². The molecule has 5 rings (SSSR count). The van der Waals surface area contributed by atoms with Gasteiger partial charge in [0.25, 0.3) is 0 Å². The molecule has 1 N–H and O–H groups in total. The summed E-state index contributed by atoms with van der Waals surface area (Å²) in [5.74, 6) is -1.81. The summed E-state index contributed by atoms with van der Waals surface area (Å²) >= 11 is 13.0. The third-order valence-corrected chi connectivity index (χ3v) is 8.26. The Morgan fingerprint density at radius 1 is 1.08 bits per heavy atom. The predicted octanol–water partition coefficient (Wildman–Crippen LogP) is 7.15. The van der Waals surface area contributed by atoms with E-state index in [2.05, 4.69) is 0 Å². The molecule has 1 saturated carbocycles. The predicted molar refractivity (Wildman–Crippen MR) is 141 cm³/mol. The molecule has 5 nitrogen and oxygen atoms in total. The normalized spacial score (nSPS) is 24.5. The molecule has 0 saturated heterocycles.